The van der Waals surface area contributed by atoms with E-state index in [4.69, 9.17) is 4.74 Å². The van der Waals surface area contributed by atoms with Gasteiger partial charge in [-0.3, -0.25) is 4.79 Å². The number of hydrogen-bond acceptors (Lipinski definition) is 2. The van der Waals surface area contributed by atoms with E-state index in [1.54, 1.807) is 0 Å². The first kappa shape index (κ1) is 13.5. The number of ether oxygens (including phenoxy) is 1. The second kappa shape index (κ2) is 5.86. The van der Waals surface area contributed by atoms with E-state index in [1.165, 1.54) is 25.7 Å². The van der Waals surface area contributed by atoms with Crippen LogP contribution < -0.4 is 10.1 Å². The number of carbonyl (C=O) groups is 1. The summed E-state index contributed by atoms with van der Waals surface area (Å²) in [5.41, 5.74) is 0. The number of hydrogen-bond donors (Lipinski definition) is 1. The highest BCUT2D eigenvalue weighted by molar-refractivity contribution is 5.77. The van der Waals surface area contributed by atoms with Gasteiger partial charge in [0.2, 0.25) is 0 Å². The third-order valence-corrected chi connectivity index (χ3v) is 4.94. The van der Waals surface area contributed by atoms with Crippen LogP contribution in [-0.2, 0) is 4.79 Å². The molecule has 0 saturated heterocycles. The SMILES string of the molecule is C[C@@H](NC(=O)COc1ccccc1)[C@H]1C[C@@H]2CC[C@@H]1C2. The standard InChI is InChI=1S/C17H23NO2/c1-12(16-10-13-7-8-14(16)9-13)18-17(19)11-20-15-5-3-2-4-6-15/h2-6,12-14,16H,7-11H2,1H3,(H,18,19)/t12-,13-,14-,16-/m1/s1. The molecule has 108 valence electrons. The van der Waals surface area contributed by atoms with Crippen molar-refractivity contribution >= 4 is 5.91 Å². The normalized spacial score (nSPS) is 29.1. The lowest BCUT2D eigenvalue weighted by atomic mass is 9.84. The fraction of sp³-hybridized carbons (Fsp3) is 0.588. The van der Waals surface area contributed by atoms with Gasteiger partial charge in [-0.25, -0.2) is 0 Å². The van der Waals surface area contributed by atoms with Crippen LogP contribution in [0.1, 0.15) is 32.6 Å². The summed E-state index contributed by atoms with van der Waals surface area (Å²) in [7, 11) is 0. The zero-order chi connectivity index (χ0) is 13.9. The van der Waals surface area contributed by atoms with Crippen LogP contribution in [0.4, 0.5) is 0 Å². The van der Waals surface area contributed by atoms with E-state index in [-0.39, 0.29) is 18.6 Å². The molecule has 2 aliphatic carbocycles. The van der Waals surface area contributed by atoms with Crippen molar-refractivity contribution < 1.29 is 9.53 Å². The van der Waals surface area contributed by atoms with Crippen LogP contribution in [0.3, 0.4) is 0 Å². The maximum absolute atomic E-state index is 12.0. The van der Waals surface area contributed by atoms with Gasteiger partial charge >= 0.3 is 0 Å². The molecule has 1 N–H and O–H groups in total. The molecule has 20 heavy (non-hydrogen) atoms. The number of nitrogens with one attached hydrogen (secondary N) is 1. The summed E-state index contributed by atoms with van der Waals surface area (Å²) in [5, 5.41) is 3.11. The number of fused-ring (bicyclic) bond motifs is 2. The number of amides is 1. The highest BCUT2D eigenvalue weighted by atomic mass is 16.5. The van der Waals surface area contributed by atoms with Crippen LogP contribution in [0.5, 0.6) is 5.75 Å². The monoisotopic (exact) mass is 273 g/mol. The highest BCUT2D eigenvalue weighted by Gasteiger charge is 2.42. The quantitative estimate of drug-likeness (QED) is 0.895. The number of rotatable bonds is 5. The van der Waals surface area contributed by atoms with Crippen LogP contribution in [0.2, 0.25) is 0 Å². The largest absolute Gasteiger partial charge is 0.484 e. The van der Waals surface area contributed by atoms with E-state index in [2.05, 4.69) is 12.2 Å². The Labute approximate surface area is 120 Å². The van der Waals surface area contributed by atoms with Gasteiger partial charge in [-0.05, 0) is 56.1 Å². The van der Waals surface area contributed by atoms with Crippen LogP contribution >= 0.6 is 0 Å². The average Bonchev–Trinajstić information content (AvgIpc) is 3.09. The molecule has 3 nitrogen and oxygen atoms in total. The highest BCUT2D eigenvalue weighted by Crippen LogP contribution is 2.49. The Morgan fingerprint density at radius 3 is 2.75 bits per heavy atom. The van der Waals surface area contributed by atoms with Gasteiger partial charge in [-0.15, -0.1) is 0 Å². The molecule has 1 aromatic rings. The van der Waals surface area contributed by atoms with Crippen molar-refractivity contribution in [3.05, 3.63) is 30.3 Å². The summed E-state index contributed by atoms with van der Waals surface area (Å²) in [6, 6.07) is 9.76. The smallest absolute Gasteiger partial charge is 0.258 e. The molecule has 0 spiro atoms. The zero-order valence-electron chi connectivity index (χ0n) is 12.0. The van der Waals surface area contributed by atoms with Gasteiger partial charge in [-0.1, -0.05) is 24.6 Å². The van der Waals surface area contributed by atoms with E-state index < -0.39 is 0 Å². The summed E-state index contributed by atoms with van der Waals surface area (Å²) in [6.45, 7) is 2.25. The number of benzene rings is 1. The molecule has 3 heteroatoms. The fourth-order valence-electron chi connectivity index (χ4n) is 3.97. The molecular weight excluding hydrogens is 250 g/mol. The predicted molar refractivity (Wildman–Crippen MR) is 78.5 cm³/mol. The number of para-hydroxylation sites is 1. The third-order valence-electron chi connectivity index (χ3n) is 4.94. The minimum atomic E-state index is -0.0101. The first-order chi connectivity index (χ1) is 9.72. The summed E-state index contributed by atoms with van der Waals surface area (Å²) in [5.74, 6) is 3.17. The van der Waals surface area contributed by atoms with Gasteiger partial charge in [0.05, 0.1) is 0 Å². The molecule has 0 unspecified atom stereocenters. The molecule has 2 saturated carbocycles. The first-order valence-electron chi connectivity index (χ1n) is 7.69. The van der Waals surface area contributed by atoms with Crippen molar-refractivity contribution in [3.63, 3.8) is 0 Å². The Kier molecular flexibility index (Phi) is 3.95. The molecule has 2 fully saturated rings. The first-order valence-corrected chi connectivity index (χ1v) is 7.69. The molecule has 3 rings (SSSR count). The van der Waals surface area contributed by atoms with E-state index in [0.717, 1.165) is 17.6 Å². The van der Waals surface area contributed by atoms with E-state index in [1.807, 2.05) is 30.3 Å². The lowest BCUT2D eigenvalue weighted by Crippen LogP contribution is -2.42. The van der Waals surface area contributed by atoms with Crippen LogP contribution in [0, 0.1) is 17.8 Å². The molecule has 0 aromatic heterocycles. The van der Waals surface area contributed by atoms with Gasteiger partial charge in [-0.2, -0.15) is 0 Å². The molecule has 0 radical (unpaired) electrons. The number of carbonyl (C=O) groups excluding carboxylic acids is 1. The molecule has 1 aromatic carbocycles. The topological polar surface area (TPSA) is 38.3 Å². The average molecular weight is 273 g/mol. The van der Waals surface area contributed by atoms with Gasteiger partial charge in [0.15, 0.2) is 6.61 Å². The Balaban J connectivity index is 1.44. The molecular formula is C17H23NO2. The van der Waals surface area contributed by atoms with Crippen molar-refractivity contribution in [2.45, 2.75) is 38.6 Å². The van der Waals surface area contributed by atoms with E-state index in [0.29, 0.717) is 5.92 Å². The van der Waals surface area contributed by atoms with Crippen molar-refractivity contribution in [1.82, 2.24) is 5.32 Å². The van der Waals surface area contributed by atoms with Gasteiger partial charge < -0.3 is 10.1 Å². The minimum Gasteiger partial charge on any atom is -0.484 e. The third kappa shape index (κ3) is 2.97. The van der Waals surface area contributed by atoms with E-state index >= 15 is 0 Å². The van der Waals surface area contributed by atoms with Gasteiger partial charge in [0, 0.05) is 6.04 Å². The minimum absolute atomic E-state index is 0.0101. The second-order valence-electron chi connectivity index (χ2n) is 6.30. The maximum Gasteiger partial charge on any atom is 0.258 e. The summed E-state index contributed by atoms with van der Waals surface area (Å²) < 4.78 is 5.48. The lowest BCUT2D eigenvalue weighted by Gasteiger charge is -2.28. The summed E-state index contributed by atoms with van der Waals surface area (Å²) >= 11 is 0. The Morgan fingerprint density at radius 2 is 2.10 bits per heavy atom. The van der Waals surface area contributed by atoms with Crippen LogP contribution in [0.15, 0.2) is 30.3 Å². The molecule has 2 bridgehead atoms. The Morgan fingerprint density at radius 1 is 1.30 bits per heavy atom. The van der Waals surface area contributed by atoms with Crippen LogP contribution in [-0.4, -0.2) is 18.6 Å². The van der Waals surface area contributed by atoms with Gasteiger partial charge in [0.25, 0.3) is 5.91 Å². The van der Waals surface area contributed by atoms with E-state index in [9.17, 15) is 4.79 Å². The Bertz CT molecular complexity index is 459. The second-order valence-corrected chi connectivity index (χ2v) is 6.30. The predicted octanol–water partition coefficient (Wildman–Crippen LogP) is 3.01. The van der Waals surface area contributed by atoms with Crippen LogP contribution in [0.25, 0.3) is 0 Å². The van der Waals surface area contributed by atoms with Crippen molar-refractivity contribution in [2.75, 3.05) is 6.61 Å². The molecule has 4 atom stereocenters. The maximum atomic E-state index is 12.0. The zero-order valence-corrected chi connectivity index (χ0v) is 12.0. The molecule has 0 aliphatic heterocycles. The summed E-state index contributed by atoms with van der Waals surface area (Å²) in [4.78, 5) is 12.0. The summed E-state index contributed by atoms with van der Waals surface area (Å²) in [6.07, 6.45) is 5.44. The molecule has 1 amide bonds. The lowest BCUT2D eigenvalue weighted by molar-refractivity contribution is -0.124. The molecule has 0 heterocycles. The molecule has 2 aliphatic rings. The van der Waals surface area contributed by atoms with Crippen molar-refractivity contribution in [3.8, 4) is 5.75 Å². The van der Waals surface area contributed by atoms with Crippen molar-refractivity contribution in [2.24, 2.45) is 17.8 Å². The van der Waals surface area contributed by atoms with Gasteiger partial charge in [0.1, 0.15) is 5.75 Å². The fourth-order valence-corrected chi connectivity index (χ4v) is 3.97. The Hall–Kier alpha value is -1.51. The van der Waals surface area contributed by atoms with Crippen molar-refractivity contribution in [1.29, 1.82) is 0 Å².